The molecule has 0 aromatic carbocycles. The zero-order chi connectivity index (χ0) is 11.5. The number of pyridine rings is 1. The first-order valence-electron chi connectivity index (χ1n) is 5.14. The highest BCUT2D eigenvalue weighted by Crippen LogP contribution is 2.20. The Morgan fingerprint density at radius 1 is 1.44 bits per heavy atom. The number of halogens is 1. The van der Waals surface area contributed by atoms with E-state index in [0.29, 0.717) is 10.8 Å². The number of anilines is 1. The zero-order valence-corrected chi connectivity index (χ0v) is 9.59. The van der Waals surface area contributed by atoms with Gasteiger partial charge in [0.05, 0.1) is 0 Å². The second kappa shape index (κ2) is 4.67. The molecule has 1 aromatic heterocycles. The lowest BCUT2D eigenvalue weighted by atomic mass is 10.2. The number of nitrogen functional groups attached to an aromatic ring is 1. The quantitative estimate of drug-likeness (QED) is 0.397. The van der Waals surface area contributed by atoms with Gasteiger partial charge >= 0.3 is 0 Å². The molecule has 0 spiro atoms. The summed E-state index contributed by atoms with van der Waals surface area (Å²) in [6.45, 7) is 3.76. The maximum Gasteiger partial charge on any atom is 0.141 e. The van der Waals surface area contributed by atoms with E-state index in [-0.39, 0.29) is 5.84 Å². The molecule has 0 aliphatic carbocycles. The topological polar surface area (TPSA) is 78.0 Å². The van der Waals surface area contributed by atoms with Crippen LogP contribution < -0.4 is 16.0 Å². The molecule has 1 aromatic rings. The monoisotopic (exact) mass is 239 g/mol. The molecular weight excluding hydrogens is 226 g/mol. The number of hydrogen-bond donors (Lipinski definition) is 3. The lowest BCUT2D eigenvalue weighted by molar-refractivity contribution is 0.589. The van der Waals surface area contributed by atoms with Crippen molar-refractivity contribution < 1.29 is 0 Å². The summed E-state index contributed by atoms with van der Waals surface area (Å²) in [5, 5.41) is 11.0. The number of aromatic nitrogens is 1. The molecule has 0 atom stereocenters. The number of nitrogens with one attached hydrogen (secondary N) is 2. The highest BCUT2D eigenvalue weighted by molar-refractivity contribution is 6.29. The molecule has 16 heavy (non-hydrogen) atoms. The largest absolute Gasteiger partial charge is 0.382 e. The van der Waals surface area contributed by atoms with Crippen LogP contribution >= 0.6 is 11.6 Å². The van der Waals surface area contributed by atoms with Gasteiger partial charge < -0.3 is 16.0 Å². The van der Waals surface area contributed by atoms with Crippen molar-refractivity contribution in [3.05, 3.63) is 23.0 Å². The van der Waals surface area contributed by atoms with Crippen LogP contribution in [0.2, 0.25) is 5.15 Å². The van der Waals surface area contributed by atoms with Crippen molar-refractivity contribution in [2.24, 2.45) is 5.73 Å². The second-order valence-corrected chi connectivity index (χ2v) is 4.07. The molecule has 0 amide bonds. The van der Waals surface area contributed by atoms with Crippen LogP contribution in [0.5, 0.6) is 0 Å². The number of rotatable bonds is 2. The predicted molar refractivity (Wildman–Crippen MR) is 65.3 cm³/mol. The van der Waals surface area contributed by atoms with E-state index in [1.807, 2.05) is 0 Å². The summed E-state index contributed by atoms with van der Waals surface area (Å²) in [6.07, 6.45) is 0. The van der Waals surface area contributed by atoms with Gasteiger partial charge in [0.2, 0.25) is 0 Å². The Morgan fingerprint density at radius 3 is 2.75 bits per heavy atom. The van der Waals surface area contributed by atoms with E-state index in [1.54, 1.807) is 12.1 Å². The van der Waals surface area contributed by atoms with Crippen LogP contribution in [0.3, 0.4) is 0 Å². The predicted octanol–water partition coefficient (Wildman–Crippen LogP) is 0.429. The van der Waals surface area contributed by atoms with E-state index in [9.17, 15) is 0 Å². The first kappa shape index (κ1) is 11.2. The standard InChI is InChI=1S/C10H14ClN5/c11-9-6-7(5-8(15-9)10(12)13)16-3-1-14-2-4-16/h5-6,14H,1-4H2,(H3,12,13). The van der Waals surface area contributed by atoms with E-state index < -0.39 is 0 Å². The molecule has 6 heteroatoms. The Morgan fingerprint density at radius 2 is 2.12 bits per heavy atom. The van der Waals surface area contributed by atoms with Crippen LogP contribution in [0, 0.1) is 5.41 Å². The van der Waals surface area contributed by atoms with E-state index >= 15 is 0 Å². The molecule has 0 unspecified atom stereocenters. The minimum atomic E-state index is -0.0566. The molecule has 0 bridgehead atoms. The highest BCUT2D eigenvalue weighted by Gasteiger charge is 2.13. The third kappa shape index (κ3) is 2.43. The molecule has 1 aliphatic heterocycles. The lowest BCUT2D eigenvalue weighted by Crippen LogP contribution is -2.43. The van der Waals surface area contributed by atoms with Gasteiger partial charge in [-0.25, -0.2) is 4.98 Å². The van der Waals surface area contributed by atoms with Gasteiger partial charge in [-0.3, -0.25) is 5.41 Å². The minimum absolute atomic E-state index is 0.0566. The molecule has 5 nitrogen and oxygen atoms in total. The van der Waals surface area contributed by atoms with Gasteiger partial charge in [0.15, 0.2) is 0 Å². The first-order valence-corrected chi connectivity index (χ1v) is 5.52. The normalized spacial score (nSPS) is 16.2. The third-order valence-electron chi connectivity index (χ3n) is 2.54. The molecule has 2 rings (SSSR count). The lowest BCUT2D eigenvalue weighted by Gasteiger charge is -2.29. The van der Waals surface area contributed by atoms with E-state index in [0.717, 1.165) is 31.9 Å². The Balaban J connectivity index is 2.28. The van der Waals surface area contributed by atoms with E-state index in [4.69, 9.17) is 22.7 Å². The molecule has 1 fully saturated rings. The van der Waals surface area contributed by atoms with Crippen molar-refractivity contribution >= 4 is 23.1 Å². The van der Waals surface area contributed by atoms with Gasteiger partial charge in [-0.1, -0.05) is 11.6 Å². The average Bonchev–Trinajstić information content (AvgIpc) is 2.29. The zero-order valence-electron chi connectivity index (χ0n) is 8.83. The molecule has 0 radical (unpaired) electrons. The SMILES string of the molecule is N=C(N)c1cc(N2CCNCC2)cc(Cl)n1. The molecular formula is C10H14ClN5. The first-order chi connectivity index (χ1) is 7.66. The van der Waals surface area contributed by atoms with Gasteiger partial charge in [0.1, 0.15) is 16.7 Å². The van der Waals surface area contributed by atoms with Crippen LogP contribution in [-0.4, -0.2) is 37.0 Å². The molecule has 2 heterocycles. The Kier molecular flexibility index (Phi) is 3.26. The van der Waals surface area contributed by atoms with Crippen LogP contribution in [0.1, 0.15) is 5.69 Å². The molecule has 1 aliphatic rings. The van der Waals surface area contributed by atoms with Crippen molar-refractivity contribution in [3.8, 4) is 0 Å². The summed E-state index contributed by atoms with van der Waals surface area (Å²) in [5.74, 6) is -0.0566. The number of hydrogen-bond acceptors (Lipinski definition) is 4. The van der Waals surface area contributed by atoms with Crippen molar-refractivity contribution in [1.29, 1.82) is 5.41 Å². The molecule has 0 saturated carbocycles. The summed E-state index contributed by atoms with van der Waals surface area (Å²) in [5.41, 5.74) is 6.82. The van der Waals surface area contributed by atoms with E-state index in [2.05, 4.69) is 15.2 Å². The Labute approximate surface area is 99.1 Å². The van der Waals surface area contributed by atoms with Crippen LogP contribution in [-0.2, 0) is 0 Å². The van der Waals surface area contributed by atoms with Gasteiger partial charge in [-0.2, -0.15) is 0 Å². The average molecular weight is 240 g/mol. The maximum atomic E-state index is 7.37. The maximum absolute atomic E-state index is 7.37. The minimum Gasteiger partial charge on any atom is -0.382 e. The van der Waals surface area contributed by atoms with Crippen molar-refractivity contribution in [2.75, 3.05) is 31.1 Å². The van der Waals surface area contributed by atoms with Crippen molar-refractivity contribution in [3.63, 3.8) is 0 Å². The molecule has 1 saturated heterocycles. The Hall–Kier alpha value is -1.33. The van der Waals surface area contributed by atoms with Crippen LogP contribution in [0.15, 0.2) is 12.1 Å². The van der Waals surface area contributed by atoms with Gasteiger partial charge in [0, 0.05) is 31.9 Å². The fourth-order valence-electron chi connectivity index (χ4n) is 1.73. The third-order valence-corrected chi connectivity index (χ3v) is 2.73. The number of nitrogens with zero attached hydrogens (tertiary/aromatic N) is 2. The molecule has 4 N–H and O–H groups in total. The van der Waals surface area contributed by atoms with Gasteiger partial charge in [-0.15, -0.1) is 0 Å². The fourth-order valence-corrected chi connectivity index (χ4v) is 1.93. The molecule has 86 valence electrons. The smallest absolute Gasteiger partial charge is 0.141 e. The summed E-state index contributed by atoms with van der Waals surface area (Å²) < 4.78 is 0. The second-order valence-electron chi connectivity index (χ2n) is 3.68. The highest BCUT2D eigenvalue weighted by atomic mass is 35.5. The Bertz CT molecular complexity index is 400. The van der Waals surface area contributed by atoms with E-state index in [1.165, 1.54) is 0 Å². The van der Waals surface area contributed by atoms with Crippen molar-refractivity contribution in [2.45, 2.75) is 0 Å². The summed E-state index contributed by atoms with van der Waals surface area (Å²) in [7, 11) is 0. The summed E-state index contributed by atoms with van der Waals surface area (Å²) >= 11 is 5.91. The van der Waals surface area contributed by atoms with Gasteiger partial charge in [0.25, 0.3) is 0 Å². The fraction of sp³-hybridized carbons (Fsp3) is 0.400. The summed E-state index contributed by atoms with van der Waals surface area (Å²) in [6, 6.07) is 3.61. The van der Waals surface area contributed by atoms with Crippen LogP contribution in [0.4, 0.5) is 5.69 Å². The summed E-state index contributed by atoms with van der Waals surface area (Å²) in [4.78, 5) is 6.21. The van der Waals surface area contributed by atoms with Crippen LogP contribution in [0.25, 0.3) is 0 Å². The number of amidine groups is 1. The van der Waals surface area contributed by atoms with Gasteiger partial charge in [-0.05, 0) is 12.1 Å². The number of nitrogens with two attached hydrogens (primary N) is 1. The van der Waals surface area contributed by atoms with Crippen molar-refractivity contribution in [1.82, 2.24) is 10.3 Å². The number of piperazine rings is 1.